The first-order valence-electron chi connectivity index (χ1n) is 10.1. The first-order chi connectivity index (χ1) is 14.0. The van der Waals surface area contributed by atoms with Gasteiger partial charge in [0.25, 0.3) is 11.5 Å². The smallest absolute Gasteiger partial charge is 0.332 e. The number of fused-ring (bicyclic) bond motifs is 1. The van der Waals surface area contributed by atoms with Gasteiger partial charge in [-0.2, -0.15) is 0 Å². The van der Waals surface area contributed by atoms with E-state index in [1.54, 1.807) is 16.8 Å². The predicted molar refractivity (Wildman–Crippen MR) is 114 cm³/mol. The summed E-state index contributed by atoms with van der Waals surface area (Å²) >= 11 is 0. The molecule has 2 aromatic heterocycles. The van der Waals surface area contributed by atoms with Gasteiger partial charge in [0.1, 0.15) is 5.65 Å². The van der Waals surface area contributed by atoms with Crippen LogP contribution < -0.4 is 11.2 Å². The van der Waals surface area contributed by atoms with Gasteiger partial charge in [-0.3, -0.25) is 23.5 Å². The van der Waals surface area contributed by atoms with E-state index in [1.807, 2.05) is 27.7 Å². The number of carbonyl (C=O) groups excluding carboxylic acids is 2. The molecule has 9 nitrogen and oxygen atoms in total. The zero-order chi connectivity index (χ0) is 22.4. The van der Waals surface area contributed by atoms with Gasteiger partial charge < -0.3 is 9.80 Å². The van der Waals surface area contributed by atoms with Gasteiger partial charge in [0.15, 0.2) is 0 Å². The molecule has 2 aromatic rings. The minimum atomic E-state index is -0.459. The van der Waals surface area contributed by atoms with Crippen LogP contribution in [-0.4, -0.2) is 61.9 Å². The van der Waals surface area contributed by atoms with E-state index in [2.05, 4.69) is 4.98 Å². The Morgan fingerprint density at radius 1 is 1.00 bits per heavy atom. The maximum absolute atomic E-state index is 13.2. The summed E-state index contributed by atoms with van der Waals surface area (Å²) in [7, 11) is 2.98. The first kappa shape index (κ1) is 21.7. The predicted octanol–water partition coefficient (Wildman–Crippen LogP) is 0.525. The number of nitrogens with zero attached hydrogens (tertiary/aromatic N) is 5. The zero-order valence-electron chi connectivity index (χ0n) is 18.5. The number of aromatic nitrogens is 3. The second-order valence-electron chi connectivity index (χ2n) is 8.74. The fraction of sp³-hybridized carbons (Fsp3) is 0.571. The molecule has 30 heavy (non-hydrogen) atoms. The third-order valence-electron chi connectivity index (χ3n) is 5.66. The van der Waals surface area contributed by atoms with Crippen LogP contribution >= 0.6 is 0 Å². The van der Waals surface area contributed by atoms with Crippen molar-refractivity contribution in [3.8, 4) is 0 Å². The monoisotopic (exact) mass is 415 g/mol. The van der Waals surface area contributed by atoms with Gasteiger partial charge in [0.2, 0.25) is 5.91 Å². The van der Waals surface area contributed by atoms with Crippen molar-refractivity contribution in [1.82, 2.24) is 23.9 Å². The maximum atomic E-state index is 13.2. The van der Waals surface area contributed by atoms with Crippen LogP contribution in [-0.2, 0) is 25.3 Å². The van der Waals surface area contributed by atoms with Crippen molar-refractivity contribution < 1.29 is 9.59 Å². The lowest BCUT2D eigenvalue weighted by molar-refractivity contribution is -0.140. The highest BCUT2D eigenvalue weighted by molar-refractivity contribution is 5.99. The van der Waals surface area contributed by atoms with Crippen molar-refractivity contribution >= 4 is 22.8 Å². The molecule has 0 bridgehead atoms. The molecule has 3 heterocycles. The van der Waals surface area contributed by atoms with Crippen molar-refractivity contribution in [2.75, 3.05) is 26.2 Å². The second kappa shape index (κ2) is 7.70. The SMILES string of the molecule is CCc1c(C(=O)N2CCN(C(=O)C(C)(C)C)CC2)cnc2c1c(=O)n(C)c(=O)n2C. The molecule has 0 atom stereocenters. The average molecular weight is 415 g/mol. The van der Waals surface area contributed by atoms with E-state index >= 15 is 0 Å². The van der Waals surface area contributed by atoms with Gasteiger partial charge >= 0.3 is 5.69 Å². The summed E-state index contributed by atoms with van der Waals surface area (Å²) in [5, 5.41) is 0.300. The fourth-order valence-corrected chi connectivity index (χ4v) is 3.90. The van der Waals surface area contributed by atoms with Gasteiger partial charge in [-0.1, -0.05) is 27.7 Å². The molecule has 0 aliphatic carbocycles. The molecule has 3 rings (SSSR count). The molecule has 2 amide bonds. The Balaban J connectivity index is 1.96. The number of aryl methyl sites for hydroxylation is 2. The van der Waals surface area contributed by atoms with E-state index < -0.39 is 16.7 Å². The molecule has 0 unspecified atom stereocenters. The Bertz CT molecular complexity index is 1130. The molecule has 1 fully saturated rings. The highest BCUT2D eigenvalue weighted by Gasteiger charge is 2.32. The van der Waals surface area contributed by atoms with E-state index in [9.17, 15) is 19.2 Å². The molecule has 1 aliphatic heterocycles. The number of piperazine rings is 1. The van der Waals surface area contributed by atoms with Crippen LogP contribution in [0.5, 0.6) is 0 Å². The largest absolute Gasteiger partial charge is 0.339 e. The molecular formula is C21H29N5O4. The highest BCUT2D eigenvalue weighted by Crippen LogP contribution is 2.22. The van der Waals surface area contributed by atoms with Gasteiger partial charge in [0, 0.05) is 51.9 Å². The summed E-state index contributed by atoms with van der Waals surface area (Å²) in [4.78, 5) is 58.5. The van der Waals surface area contributed by atoms with Crippen LogP contribution in [0.1, 0.15) is 43.6 Å². The molecule has 1 aliphatic rings. The Hall–Kier alpha value is -2.97. The standard InChI is InChI=1S/C21H29N5O4/c1-7-13-14(12-22-16-15(13)18(28)24(6)20(30)23(16)5)17(27)25-8-10-26(11-9-25)19(29)21(2,3)4/h12H,7-11H2,1-6H3. The quantitative estimate of drug-likeness (QED) is 0.713. The molecule has 0 N–H and O–H groups in total. The third-order valence-corrected chi connectivity index (χ3v) is 5.66. The molecule has 162 valence electrons. The molecule has 0 radical (unpaired) electrons. The summed E-state index contributed by atoms with van der Waals surface area (Å²) in [5.74, 6) is -0.138. The van der Waals surface area contributed by atoms with E-state index in [0.29, 0.717) is 49.1 Å². The number of hydrogen-bond donors (Lipinski definition) is 0. The Kier molecular flexibility index (Phi) is 5.58. The lowest BCUT2D eigenvalue weighted by Crippen LogP contribution is -2.53. The first-order valence-corrected chi connectivity index (χ1v) is 10.1. The number of pyridine rings is 1. The molecule has 9 heteroatoms. The number of carbonyl (C=O) groups is 2. The van der Waals surface area contributed by atoms with Crippen molar-refractivity contribution in [3.63, 3.8) is 0 Å². The lowest BCUT2D eigenvalue weighted by atomic mass is 9.94. The van der Waals surface area contributed by atoms with E-state index in [1.165, 1.54) is 17.8 Å². The maximum Gasteiger partial charge on any atom is 0.332 e. The average Bonchev–Trinajstić information content (AvgIpc) is 2.73. The minimum Gasteiger partial charge on any atom is -0.339 e. The summed E-state index contributed by atoms with van der Waals surface area (Å²) in [6.07, 6.45) is 1.91. The topological polar surface area (TPSA) is 97.5 Å². The zero-order valence-corrected chi connectivity index (χ0v) is 18.5. The summed E-state index contributed by atoms with van der Waals surface area (Å²) < 4.78 is 2.36. The van der Waals surface area contributed by atoms with Gasteiger partial charge in [0.05, 0.1) is 10.9 Å². The molecule has 0 saturated carbocycles. The van der Waals surface area contributed by atoms with Gasteiger partial charge in [-0.05, 0) is 12.0 Å². The lowest BCUT2D eigenvalue weighted by Gasteiger charge is -2.37. The summed E-state index contributed by atoms with van der Waals surface area (Å²) in [6.45, 7) is 9.32. The van der Waals surface area contributed by atoms with Crippen LogP contribution in [0.4, 0.5) is 0 Å². The van der Waals surface area contributed by atoms with E-state index in [4.69, 9.17) is 0 Å². The molecule has 0 spiro atoms. The summed E-state index contributed by atoms with van der Waals surface area (Å²) in [6, 6.07) is 0. The third kappa shape index (κ3) is 3.53. The Labute approximate surface area is 174 Å². The minimum absolute atomic E-state index is 0.0700. The number of rotatable bonds is 2. The van der Waals surface area contributed by atoms with Crippen molar-refractivity contribution in [1.29, 1.82) is 0 Å². The van der Waals surface area contributed by atoms with Crippen molar-refractivity contribution in [2.24, 2.45) is 19.5 Å². The fourth-order valence-electron chi connectivity index (χ4n) is 3.90. The van der Waals surface area contributed by atoms with Crippen molar-refractivity contribution in [3.05, 3.63) is 38.2 Å². The Morgan fingerprint density at radius 2 is 1.57 bits per heavy atom. The van der Waals surface area contributed by atoms with Gasteiger partial charge in [-0.25, -0.2) is 9.78 Å². The van der Waals surface area contributed by atoms with E-state index in [0.717, 1.165) is 4.57 Å². The molecular weight excluding hydrogens is 386 g/mol. The van der Waals surface area contributed by atoms with Crippen molar-refractivity contribution in [2.45, 2.75) is 34.1 Å². The van der Waals surface area contributed by atoms with E-state index in [-0.39, 0.29) is 17.5 Å². The normalized spacial score (nSPS) is 15.0. The number of amides is 2. The Morgan fingerprint density at radius 3 is 2.10 bits per heavy atom. The summed E-state index contributed by atoms with van der Waals surface area (Å²) in [5.41, 5.74) is -0.129. The van der Waals surface area contributed by atoms with Gasteiger partial charge in [-0.15, -0.1) is 0 Å². The van der Waals surface area contributed by atoms with Crippen LogP contribution in [0, 0.1) is 5.41 Å². The van der Waals surface area contributed by atoms with Crippen LogP contribution in [0.3, 0.4) is 0 Å². The second-order valence-corrected chi connectivity index (χ2v) is 8.74. The highest BCUT2D eigenvalue weighted by atomic mass is 16.2. The van der Waals surface area contributed by atoms with Crippen LogP contribution in [0.25, 0.3) is 11.0 Å². The van der Waals surface area contributed by atoms with Crippen LogP contribution in [0.2, 0.25) is 0 Å². The number of hydrogen-bond acceptors (Lipinski definition) is 5. The van der Waals surface area contributed by atoms with Crippen LogP contribution in [0.15, 0.2) is 15.8 Å². The molecule has 1 saturated heterocycles. The molecule has 0 aromatic carbocycles.